The molecule has 0 aliphatic heterocycles. The first-order valence-electron chi connectivity index (χ1n) is 8.18. The van der Waals surface area contributed by atoms with Gasteiger partial charge in [-0.15, -0.1) is 0 Å². The van der Waals surface area contributed by atoms with Crippen LogP contribution in [0.5, 0.6) is 0 Å². The topological polar surface area (TPSA) is 66.5 Å². The Labute approximate surface area is 184 Å². The highest BCUT2D eigenvalue weighted by Gasteiger charge is 2.20. The highest BCUT2D eigenvalue weighted by Crippen LogP contribution is 2.24. The van der Waals surface area contributed by atoms with Crippen LogP contribution in [0, 0.1) is 0 Å². The van der Waals surface area contributed by atoms with E-state index in [9.17, 15) is 13.2 Å². The molecule has 2 aromatic carbocycles. The molecule has 28 heavy (non-hydrogen) atoms. The van der Waals surface area contributed by atoms with Gasteiger partial charge < -0.3 is 5.32 Å². The SMILES string of the molecule is CS(=O)(=O)N(CC(=O)NCCSCc1ccc(Cl)c(Cl)c1)c1cccc(Cl)c1. The zero-order valence-electron chi connectivity index (χ0n) is 15.0. The molecular formula is C18H19Cl3N2O3S2. The fourth-order valence-electron chi connectivity index (χ4n) is 2.30. The molecule has 152 valence electrons. The quantitative estimate of drug-likeness (QED) is 0.537. The number of sulfonamides is 1. The van der Waals surface area contributed by atoms with Gasteiger partial charge in [-0.2, -0.15) is 11.8 Å². The lowest BCUT2D eigenvalue weighted by Crippen LogP contribution is -2.41. The summed E-state index contributed by atoms with van der Waals surface area (Å²) in [6.45, 7) is 0.106. The van der Waals surface area contributed by atoms with E-state index in [1.54, 1.807) is 36.0 Å². The Morgan fingerprint density at radius 2 is 1.86 bits per heavy atom. The Morgan fingerprint density at radius 3 is 2.50 bits per heavy atom. The summed E-state index contributed by atoms with van der Waals surface area (Å²) in [5, 5.41) is 4.15. The Kier molecular flexibility index (Phi) is 8.77. The van der Waals surface area contributed by atoms with Gasteiger partial charge in [0.15, 0.2) is 0 Å². The van der Waals surface area contributed by atoms with Gasteiger partial charge in [0.1, 0.15) is 6.54 Å². The summed E-state index contributed by atoms with van der Waals surface area (Å²) in [5.74, 6) is 1.01. The number of amides is 1. The van der Waals surface area contributed by atoms with Crippen LogP contribution in [0.3, 0.4) is 0 Å². The first-order valence-corrected chi connectivity index (χ1v) is 12.3. The Hall–Kier alpha value is -1.12. The summed E-state index contributed by atoms with van der Waals surface area (Å²) in [5.41, 5.74) is 1.38. The van der Waals surface area contributed by atoms with Gasteiger partial charge in [0.2, 0.25) is 15.9 Å². The molecule has 0 aliphatic rings. The number of rotatable bonds is 9. The molecule has 0 radical (unpaired) electrons. The van der Waals surface area contributed by atoms with Crippen molar-refractivity contribution in [3.05, 3.63) is 63.1 Å². The fourth-order valence-corrected chi connectivity index (χ4v) is 4.46. The Balaban J connectivity index is 1.82. The smallest absolute Gasteiger partial charge is 0.240 e. The molecule has 0 fully saturated rings. The van der Waals surface area contributed by atoms with Crippen molar-refractivity contribution in [1.82, 2.24) is 5.32 Å². The first kappa shape index (κ1) is 23.2. The molecule has 0 saturated heterocycles. The Bertz CT molecular complexity index is 939. The van der Waals surface area contributed by atoms with Crippen LogP contribution in [0.4, 0.5) is 5.69 Å². The molecule has 2 aromatic rings. The second-order valence-electron chi connectivity index (χ2n) is 5.90. The number of anilines is 1. The maximum atomic E-state index is 12.2. The maximum Gasteiger partial charge on any atom is 0.240 e. The zero-order valence-corrected chi connectivity index (χ0v) is 18.9. The number of carbonyl (C=O) groups excluding carboxylic acids is 1. The minimum atomic E-state index is -3.62. The number of thioether (sulfide) groups is 1. The fraction of sp³-hybridized carbons (Fsp3) is 0.278. The van der Waals surface area contributed by atoms with Crippen LogP contribution in [0.1, 0.15) is 5.56 Å². The third-order valence-corrected chi connectivity index (χ3v) is 6.75. The lowest BCUT2D eigenvalue weighted by Gasteiger charge is -2.22. The molecule has 0 saturated carbocycles. The van der Waals surface area contributed by atoms with E-state index in [4.69, 9.17) is 34.8 Å². The van der Waals surface area contributed by atoms with Crippen LogP contribution in [-0.2, 0) is 20.6 Å². The van der Waals surface area contributed by atoms with Crippen molar-refractivity contribution >= 4 is 68.2 Å². The van der Waals surface area contributed by atoms with Crippen molar-refractivity contribution in [3.8, 4) is 0 Å². The Morgan fingerprint density at radius 1 is 1.11 bits per heavy atom. The highest BCUT2D eigenvalue weighted by atomic mass is 35.5. The number of nitrogens with one attached hydrogen (secondary N) is 1. The second kappa shape index (κ2) is 10.6. The second-order valence-corrected chi connectivity index (χ2v) is 10.2. The van der Waals surface area contributed by atoms with Crippen LogP contribution in [-0.4, -0.2) is 39.4 Å². The number of hydrogen-bond donors (Lipinski definition) is 1. The van der Waals surface area contributed by atoms with E-state index in [2.05, 4.69) is 5.32 Å². The van der Waals surface area contributed by atoms with E-state index in [-0.39, 0.29) is 12.5 Å². The van der Waals surface area contributed by atoms with E-state index >= 15 is 0 Å². The standard InChI is InChI=1S/C18H19Cl3N2O3S2/c1-28(25,26)23(15-4-2-3-14(19)10-15)11-18(24)22-7-8-27-12-13-5-6-16(20)17(21)9-13/h2-6,9-10H,7-8,11-12H2,1H3,(H,22,24). The number of nitrogens with zero attached hydrogens (tertiary/aromatic N) is 1. The van der Waals surface area contributed by atoms with Crippen molar-refractivity contribution in [2.75, 3.05) is 29.4 Å². The van der Waals surface area contributed by atoms with Crippen molar-refractivity contribution in [1.29, 1.82) is 0 Å². The third-order valence-electron chi connectivity index (χ3n) is 3.61. The molecule has 5 nitrogen and oxygen atoms in total. The van der Waals surface area contributed by atoms with Crippen molar-refractivity contribution in [2.24, 2.45) is 0 Å². The molecule has 1 N–H and O–H groups in total. The average molecular weight is 482 g/mol. The van der Waals surface area contributed by atoms with Crippen LogP contribution < -0.4 is 9.62 Å². The van der Waals surface area contributed by atoms with E-state index in [0.29, 0.717) is 33.1 Å². The third kappa shape index (κ3) is 7.37. The molecule has 0 atom stereocenters. The van der Waals surface area contributed by atoms with E-state index in [1.165, 1.54) is 6.07 Å². The minimum Gasteiger partial charge on any atom is -0.354 e. The van der Waals surface area contributed by atoms with Gasteiger partial charge >= 0.3 is 0 Å². The molecule has 0 unspecified atom stereocenters. The van der Waals surface area contributed by atoms with E-state index in [0.717, 1.165) is 21.9 Å². The summed E-state index contributed by atoms with van der Waals surface area (Å²) in [6, 6.07) is 11.8. The highest BCUT2D eigenvalue weighted by molar-refractivity contribution is 7.98. The first-order chi connectivity index (χ1) is 13.2. The van der Waals surface area contributed by atoms with Gasteiger partial charge in [0.05, 0.1) is 22.0 Å². The van der Waals surface area contributed by atoms with Crippen LogP contribution in [0.15, 0.2) is 42.5 Å². The van der Waals surface area contributed by atoms with Gasteiger partial charge in [-0.3, -0.25) is 9.10 Å². The van der Waals surface area contributed by atoms with Gasteiger partial charge in [-0.05, 0) is 35.9 Å². The predicted molar refractivity (Wildman–Crippen MR) is 119 cm³/mol. The normalized spacial score (nSPS) is 11.3. The average Bonchev–Trinajstić information content (AvgIpc) is 2.61. The van der Waals surface area contributed by atoms with Crippen LogP contribution >= 0.6 is 46.6 Å². The number of halogens is 3. The van der Waals surface area contributed by atoms with Crippen LogP contribution in [0.25, 0.3) is 0 Å². The van der Waals surface area contributed by atoms with E-state index in [1.807, 2.05) is 12.1 Å². The predicted octanol–water partition coefficient (Wildman–Crippen LogP) is 4.46. The molecular weight excluding hydrogens is 463 g/mol. The summed E-state index contributed by atoms with van der Waals surface area (Å²) in [7, 11) is -3.62. The van der Waals surface area contributed by atoms with Gasteiger partial charge in [-0.25, -0.2) is 8.42 Å². The minimum absolute atomic E-state index is 0.309. The summed E-state index contributed by atoms with van der Waals surface area (Å²) in [4.78, 5) is 12.2. The summed E-state index contributed by atoms with van der Waals surface area (Å²) in [6.07, 6.45) is 1.05. The largest absolute Gasteiger partial charge is 0.354 e. The summed E-state index contributed by atoms with van der Waals surface area (Å²) >= 11 is 19.4. The lowest BCUT2D eigenvalue weighted by molar-refractivity contribution is -0.119. The number of carbonyl (C=O) groups is 1. The van der Waals surface area contributed by atoms with Gasteiger partial charge in [0, 0.05) is 23.1 Å². The molecule has 0 bridgehead atoms. The van der Waals surface area contributed by atoms with Crippen molar-refractivity contribution < 1.29 is 13.2 Å². The summed E-state index contributed by atoms with van der Waals surface area (Å²) < 4.78 is 25.1. The van der Waals surface area contributed by atoms with Crippen molar-refractivity contribution in [3.63, 3.8) is 0 Å². The van der Waals surface area contributed by atoms with Gasteiger partial charge in [0.25, 0.3) is 0 Å². The molecule has 0 spiro atoms. The molecule has 0 heterocycles. The lowest BCUT2D eigenvalue weighted by atomic mass is 10.2. The molecule has 2 rings (SSSR count). The molecule has 1 amide bonds. The molecule has 10 heteroatoms. The number of hydrogen-bond acceptors (Lipinski definition) is 4. The van der Waals surface area contributed by atoms with Gasteiger partial charge in [-0.1, -0.05) is 46.9 Å². The monoisotopic (exact) mass is 480 g/mol. The maximum absolute atomic E-state index is 12.2. The van der Waals surface area contributed by atoms with Crippen molar-refractivity contribution in [2.45, 2.75) is 5.75 Å². The van der Waals surface area contributed by atoms with E-state index < -0.39 is 10.0 Å². The number of benzene rings is 2. The van der Waals surface area contributed by atoms with Crippen LogP contribution in [0.2, 0.25) is 15.1 Å². The molecule has 0 aromatic heterocycles. The molecule has 0 aliphatic carbocycles. The zero-order chi connectivity index (χ0) is 20.7.